The van der Waals surface area contributed by atoms with E-state index in [1.54, 1.807) is 0 Å². The predicted octanol–water partition coefficient (Wildman–Crippen LogP) is 14.6. The molecule has 0 aliphatic carbocycles. The fourth-order valence-electron chi connectivity index (χ4n) is 8.47. The Labute approximate surface area is 318 Å². The van der Waals surface area contributed by atoms with Gasteiger partial charge in [-0.25, -0.2) is 0 Å². The molecule has 0 radical (unpaired) electrons. The highest BCUT2D eigenvalue weighted by molar-refractivity contribution is 6.24. The van der Waals surface area contributed by atoms with E-state index in [9.17, 15) is 0 Å². The van der Waals surface area contributed by atoms with Crippen molar-refractivity contribution < 1.29 is 4.42 Å². The van der Waals surface area contributed by atoms with Crippen LogP contribution in [-0.4, -0.2) is 4.57 Å². The largest absolute Gasteiger partial charge is 0.456 e. The van der Waals surface area contributed by atoms with Gasteiger partial charge in [-0.1, -0.05) is 127 Å². The zero-order valence-electron chi connectivity index (χ0n) is 29.9. The van der Waals surface area contributed by atoms with Crippen LogP contribution in [0.3, 0.4) is 0 Å². The molecule has 0 atom stereocenters. The van der Waals surface area contributed by atoms with Crippen molar-refractivity contribution in [2.45, 2.75) is 0 Å². The van der Waals surface area contributed by atoms with E-state index in [-0.39, 0.29) is 0 Å². The lowest BCUT2D eigenvalue weighted by atomic mass is 9.93. The summed E-state index contributed by atoms with van der Waals surface area (Å²) >= 11 is 0. The van der Waals surface area contributed by atoms with Gasteiger partial charge in [0.25, 0.3) is 0 Å². The van der Waals surface area contributed by atoms with Crippen LogP contribution in [0.25, 0.3) is 82.5 Å². The molecule has 0 saturated carbocycles. The maximum atomic E-state index is 6.62. The zero-order valence-corrected chi connectivity index (χ0v) is 29.9. The first-order valence-corrected chi connectivity index (χ1v) is 18.8. The minimum Gasteiger partial charge on any atom is -0.456 e. The molecule has 9 aromatic carbocycles. The van der Waals surface area contributed by atoms with Crippen molar-refractivity contribution in [1.82, 2.24) is 4.57 Å². The quantitative estimate of drug-likeness (QED) is 0.172. The maximum absolute atomic E-state index is 6.62. The van der Waals surface area contributed by atoms with Crippen molar-refractivity contribution in [2.75, 3.05) is 4.90 Å². The second-order valence-electron chi connectivity index (χ2n) is 14.1. The van der Waals surface area contributed by atoms with E-state index in [0.717, 1.165) is 44.7 Å². The molecule has 55 heavy (non-hydrogen) atoms. The molecule has 0 unspecified atom stereocenters. The van der Waals surface area contributed by atoms with Crippen molar-refractivity contribution in [1.29, 1.82) is 0 Å². The van der Waals surface area contributed by atoms with Crippen molar-refractivity contribution in [2.24, 2.45) is 0 Å². The normalized spacial score (nSPS) is 11.6. The third-order valence-corrected chi connectivity index (χ3v) is 11.0. The van der Waals surface area contributed by atoms with Gasteiger partial charge in [-0.2, -0.15) is 0 Å². The van der Waals surface area contributed by atoms with Crippen LogP contribution in [0, 0.1) is 0 Å². The average molecular weight is 703 g/mol. The summed E-state index contributed by atoms with van der Waals surface area (Å²) in [6.07, 6.45) is 0. The molecule has 0 fully saturated rings. The number of rotatable bonds is 6. The second-order valence-corrected chi connectivity index (χ2v) is 14.1. The summed E-state index contributed by atoms with van der Waals surface area (Å²) in [7, 11) is 0. The number of furan rings is 1. The summed E-state index contributed by atoms with van der Waals surface area (Å²) in [6, 6.07) is 73.8. The first kappa shape index (κ1) is 31.2. The van der Waals surface area contributed by atoms with Crippen LogP contribution in [0.1, 0.15) is 0 Å². The molecular formula is C52H34N2O. The van der Waals surface area contributed by atoms with Crippen LogP contribution in [0.4, 0.5) is 17.1 Å². The molecule has 2 aromatic heterocycles. The highest BCUT2D eigenvalue weighted by atomic mass is 16.3. The van der Waals surface area contributed by atoms with Gasteiger partial charge in [0.2, 0.25) is 0 Å². The topological polar surface area (TPSA) is 21.3 Å². The molecule has 0 aliphatic rings. The minimum absolute atomic E-state index is 0.870. The van der Waals surface area contributed by atoms with E-state index in [1.807, 2.05) is 0 Å². The van der Waals surface area contributed by atoms with Gasteiger partial charge in [-0.3, -0.25) is 0 Å². The molecule has 0 bridgehead atoms. The predicted molar refractivity (Wildman–Crippen MR) is 231 cm³/mol. The Morgan fingerprint density at radius 2 is 1.00 bits per heavy atom. The van der Waals surface area contributed by atoms with Crippen molar-refractivity contribution in [3.8, 4) is 27.9 Å². The first-order chi connectivity index (χ1) is 27.3. The van der Waals surface area contributed by atoms with Crippen LogP contribution in [0.2, 0.25) is 0 Å². The number of nitrogens with zero attached hydrogens (tertiary/aromatic N) is 2. The van der Waals surface area contributed by atoms with Gasteiger partial charge in [0, 0.05) is 49.7 Å². The Kier molecular flexibility index (Phi) is 7.17. The molecule has 11 rings (SSSR count). The van der Waals surface area contributed by atoms with Crippen LogP contribution in [0.15, 0.2) is 211 Å². The molecule has 3 heteroatoms. The Balaban J connectivity index is 1.11. The molecule has 11 aromatic rings. The summed E-state index contributed by atoms with van der Waals surface area (Å²) in [6.45, 7) is 0. The fraction of sp³-hybridized carbons (Fsp3) is 0. The second kappa shape index (κ2) is 12.6. The Hall–Kier alpha value is -7.36. The number of benzene rings is 9. The van der Waals surface area contributed by atoms with Gasteiger partial charge in [-0.15, -0.1) is 0 Å². The van der Waals surface area contributed by atoms with Gasteiger partial charge in [0.1, 0.15) is 11.2 Å². The third-order valence-electron chi connectivity index (χ3n) is 11.0. The smallest absolute Gasteiger partial charge is 0.136 e. The molecular weight excluding hydrogens is 669 g/mol. The summed E-state index contributed by atoms with van der Waals surface area (Å²) in [5, 5.41) is 7.07. The number of anilines is 3. The Morgan fingerprint density at radius 1 is 0.364 bits per heavy atom. The van der Waals surface area contributed by atoms with E-state index >= 15 is 0 Å². The van der Waals surface area contributed by atoms with E-state index < -0.39 is 0 Å². The summed E-state index contributed by atoms with van der Waals surface area (Å²) < 4.78 is 8.99. The lowest BCUT2D eigenvalue weighted by Gasteiger charge is -2.25. The monoisotopic (exact) mass is 702 g/mol. The third kappa shape index (κ3) is 5.13. The van der Waals surface area contributed by atoms with Crippen molar-refractivity contribution >= 4 is 71.6 Å². The van der Waals surface area contributed by atoms with Gasteiger partial charge < -0.3 is 13.9 Å². The van der Waals surface area contributed by atoms with Gasteiger partial charge >= 0.3 is 0 Å². The average Bonchev–Trinajstić information content (AvgIpc) is 3.80. The van der Waals surface area contributed by atoms with Crippen LogP contribution in [0.5, 0.6) is 0 Å². The standard InChI is InChI=1S/C52H34N2O/c1-4-13-35(14-5-1)36-23-27-41(28-24-36)53(39-16-6-2-7-17-39)42-29-32-49-46(34-42)52-50(55-49)31-26-37-15-12-21-43(51(37)52)38-25-30-48-45(33-38)44-20-10-11-22-47(44)54(48)40-18-8-3-9-19-40/h1-34H. The highest BCUT2D eigenvalue weighted by Gasteiger charge is 2.19. The molecule has 0 aliphatic heterocycles. The summed E-state index contributed by atoms with van der Waals surface area (Å²) in [5.41, 5.74) is 13.3. The lowest BCUT2D eigenvalue weighted by Crippen LogP contribution is -2.09. The molecule has 0 spiro atoms. The van der Waals surface area contributed by atoms with E-state index in [1.165, 1.54) is 54.8 Å². The molecule has 258 valence electrons. The SMILES string of the molecule is c1ccc(-c2ccc(N(c3ccccc3)c3ccc4oc5ccc6cccc(-c7ccc8c(c7)c7ccccc7n8-c7ccccc7)c6c5c4c3)cc2)cc1. The van der Waals surface area contributed by atoms with Gasteiger partial charge in [0.15, 0.2) is 0 Å². The summed E-state index contributed by atoms with van der Waals surface area (Å²) in [5.74, 6) is 0. The zero-order chi connectivity index (χ0) is 36.3. The van der Waals surface area contributed by atoms with Gasteiger partial charge in [0.05, 0.1) is 11.0 Å². The number of para-hydroxylation sites is 3. The van der Waals surface area contributed by atoms with E-state index in [0.29, 0.717) is 0 Å². The number of hydrogen-bond acceptors (Lipinski definition) is 2. The maximum Gasteiger partial charge on any atom is 0.136 e. The summed E-state index contributed by atoms with van der Waals surface area (Å²) in [4.78, 5) is 2.33. The van der Waals surface area contributed by atoms with Crippen molar-refractivity contribution in [3.63, 3.8) is 0 Å². The molecule has 3 nitrogen and oxygen atoms in total. The number of fused-ring (bicyclic) bond motifs is 8. The van der Waals surface area contributed by atoms with E-state index in [2.05, 4.69) is 216 Å². The Morgan fingerprint density at radius 3 is 1.82 bits per heavy atom. The van der Waals surface area contributed by atoms with Crippen LogP contribution < -0.4 is 4.90 Å². The van der Waals surface area contributed by atoms with E-state index in [4.69, 9.17) is 4.42 Å². The van der Waals surface area contributed by atoms with Crippen LogP contribution >= 0.6 is 0 Å². The lowest BCUT2D eigenvalue weighted by molar-refractivity contribution is 0.669. The Bertz CT molecular complexity index is 3180. The van der Waals surface area contributed by atoms with Crippen molar-refractivity contribution in [3.05, 3.63) is 206 Å². The molecule has 0 amide bonds. The van der Waals surface area contributed by atoms with Crippen LogP contribution in [-0.2, 0) is 0 Å². The molecule has 0 N–H and O–H groups in total. The number of hydrogen-bond donors (Lipinski definition) is 0. The number of aromatic nitrogens is 1. The first-order valence-electron chi connectivity index (χ1n) is 18.8. The van der Waals surface area contributed by atoms with Gasteiger partial charge in [-0.05, 0) is 107 Å². The fourth-order valence-corrected chi connectivity index (χ4v) is 8.47. The highest BCUT2D eigenvalue weighted by Crippen LogP contribution is 2.44. The molecule has 0 saturated heterocycles. The molecule has 2 heterocycles. The minimum atomic E-state index is 0.870.